The number of rotatable bonds is 22. The standard InChI is InChI=1S/C38H51NO8/c1-2-36(41)45-26-14-12-10-8-6-4-3-5-7-9-11-13-25-44-32-19-21-33(22-20-32)46-37(42)29-15-17-30(18-16-29)38(43)47-34-23-24-35(40)31(27-34)28-39/h2,19-24,27-30,39-40H,1,3-18,25-26H2. The Morgan fingerprint density at radius 2 is 1.13 bits per heavy atom. The molecule has 2 aromatic carbocycles. The number of phenols is 1. The molecular weight excluding hydrogens is 598 g/mol. The molecule has 0 aromatic heterocycles. The number of unbranched alkanes of at least 4 members (excludes halogenated alkanes) is 11. The van der Waals surface area contributed by atoms with Crippen LogP contribution in [0.4, 0.5) is 0 Å². The molecule has 256 valence electrons. The molecule has 1 fully saturated rings. The molecule has 0 heterocycles. The molecule has 2 aromatic rings. The fourth-order valence-electron chi connectivity index (χ4n) is 5.67. The van der Waals surface area contributed by atoms with Crippen molar-refractivity contribution in [3.05, 3.63) is 60.7 Å². The second-order valence-electron chi connectivity index (χ2n) is 12.2. The second-order valence-corrected chi connectivity index (χ2v) is 12.2. The van der Waals surface area contributed by atoms with Crippen LogP contribution >= 0.6 is 0 Å². The lowest BCUT2D eigenvalue weighted by atomic mass is 9.82. The maximum absolute atomic E-state index is 12.7. The van der Waals surface area contributed by atoms with Gasteiger partial charge in [0.15, 0.2) is 0 Å². The fraction of sp³-hybridized carbons (Fsp3) is 0.526. The maximum Gasteiger partial charge on any atom is 0.330 e. The predicted molar refractivity (Wildman–Crippen MR) is 181 cm³/mol. The van der Waals surface area contributed by atoms with Gasteiger partial charge in [0.1, 0.15) is 23.0 Å². The van der Waals surface area contributed by atoms with Crippen molar-refractivity contribution in [1.29, 1.82) is 5.41 Å². The number of phenolic OH excluding ortho intramolecular Hbond substituents is 1. The van der Waals surface area contributed by atoms with Crippen LogP contribution in [0.2, 0.25) is 0 Å². The van der Waals surface area contributed by atoms with Gasteiger partial charge in [-0.1, -0.05) is 70.8 Å². The van der Waals surface area contributed by atoms with Crippen molar-refractivity contribution in [2.24, 2.45) is 11.8 Å². The number of ether oxygens (including phenoxy) is 4. The van der Waals surface area contributed by atoms with Gasteiger partial charge >= 0.3 is 17.9 Å². The van der Waals surface area contributed by atoms with E-state index in [1.165, 1.54) is 75.6 Å². The number of hydrogen-bond donors (Lipinski definition) is 2. The van der Waals surface area contributed by atoms with Crippen LogP contribution in [-0.4, -0.2) is 42.4 Å². The van der Waals surface area contributed by atoms with Gasteiger partial charge in [0.05, 0.1) is 25.0 Å². The Kier molecular flexibility index (Phi) is 17.2. The Labute approximate surface area is 279 Å². The van der Waals surface area contributed by atoms with Gasteiger partial charge in [-0.05, 0) is 81.0 Å². The third kappa shape index (κ3) is 14.4. The minimum atomic E-state index is -0.369. The first-order valence-corrected chi connectivity index (χ1v) is 17.2. The minimum Gasteiger partial charge on any atom is -0.507 e. The molecular formula is C38H51NO8. The number of esters is 3. The van der Waals surface area contributed by atoms with Crippen LogP contribution in [0.5, 0.6) is 23.0 Å². The Morgan fingerprint density at radius 1 is 0.681 bits per heavy atom. The lowest BCUT2D eigenvalue weighted by Gasteiger charge is -2.25. The molecule has 0 saturated heterocycles. The Bertz CT molecular complexity index is 1270. The van der Waals surface area contributed by atoms with Crippen LogP contribution in [0.25, 0.3) is 0 Å². The molecule has 0 spiro atoms. The van der Waals surface area contributed by atoms with E-state index in [-0.39, 0.29) is 46.8 Å². The number of carbonyl (C=O) groups is 3. The summed E-state index contributed by atoms with van der Waals surface area (Å²) in [5.41, 5.74) is 0.276. The molecule has 1 saturated carbocycles. The molecule has 0 radical (unpaired) electrons. The summed E-state index contributed by atoms with van der Waals surface area (Å²) in [4.78, 5) is 36.3. The average molecular weight is 650 g/mol. The highest BCUT2D eigenvalue weighted by Gasteiger charge is 2.32. The zero-order valence-electron chi connectivity index (χ0n) is 27.6. The molecule has 0 atom stereocenters. The largest absolute Gasteiger partial charge is 0.507 e. The van der Waals surface area contributed by atoms with Crippen molar-refractivity contribution in [2.75, 3.05) is 13.2 Å². The number of aromatic hydroxyl groups is 1. The van der Waals surface area contributed by atoms with E-state index >= 15 is 0 Å². The lowest BCUT2D eigenvalue weighted by molar-refractivity contribution is -0.145. The molecule has 9 nitrogen and oxygen atoms in total. The van der Waals surface area contributed by atoms with E-state index in [9.17, 15) is 19.5 Å². The highest BCUT2D eigenvalue weighted by molar-refractivity contribution is 5.83. The van der Waals surface area contributed by atoms with E-state index < -0.39 is 0 Å². The highest BCUT2D eigenvalue weighted by Crippen LogP contribution is 2.32. The van der Waals surface area contributed by atoms with E-state index in [0.29, 0.717) is 44.6 Å². The third-order valence-corrected chi connectivity index (χ3v) is 8.53. The molecule has 9 heteroatoms. The van der Waals surface area contributed by atoms with E-state index in [1.807, 2.05) is 12.1 Å². The van der Waals surface area contributed by atoms with Crippen molar-refractivity contribution in [1.82, 2.24) is 0 Å². The van der Waals surface area contributed by atoms with Crippen molar-refractivity contribution in [2.45, 2.75) is 103 Å². The SMILES string of the molecule is C=CC(=O)OCCCCCCCCCCCCCCOc1ccc(OC(=O)C2CCC(C(=O)Oc3ccc(O)c(C=N)c3)CC2)cc1. The molecule has 2 N–H and O–H groups in total. The van der Waals surface area contributed by atoms with Crippen LogP contribution in [0.3, 0.4) is 0 Å². The summed E-state index contributed by atoms with van der Waals surface area (Å²) in [7, 11) is 0. The molecule has 47 heavy (non-hydrogen) atoms. The van der Waals surface area contributed by atoms with Crippen molar-refractivity contribution in [3.63, 3.8) is 0 Å². The third-order valence-electron chi connectivity index (χ3n) is 8.53. The van der Waals surface area contributed by atoms with Crippen molar-refractivity contribution >= 4 is 24.1 Å². The summed E-state index contributed by atoms with van der Waals surface area (Å²) in [6.45, 7) is 4.54. The number of hydrogen-bond acceptors (Lipinski definition) is 9. The van der Waals surface area contributed by atoms with Crippen LogP contribution in [-0.2, 0) is 19.1 Å². The van der Waals surface area contributed by atoms with Crippen LogP contribution in [0, 0.1) is 17.2 Å². The number of carbonyl (C=O) groups excluding carboxylic acids is 3. The summed E-state index contributed by atoms with van der Waals surface area (Å²) in [5.74, 6) is -0.118. The monoisotopic (exact) mass is 649 g/mol. The summed E-state index contributed by atoms with van der Waals surface area (Å²) >= 11 is 0. The zero-order chi connectivity index (χ0) is 33.7. The number of benzene rings is 2. The van der Waals surface area contributed by atoms with Gasteiger partial charge in [-0.2, -0.15) is 0 Å². The summed E-state index contributed by atoms with van der Waals surface area (Å²) < 4.78 is 21.9. The quantitative estimate of drug-likeness (QED) is 0.0427. The van der Waals surface area contributed by atoms with E-state index in [1.54, 1.807) is 12.1 Å². The fourth-order valence-corrected chi connectivity index (χ4v) is 5.67. The summed E-state index contributed by atoms with van der Waals surface area (Å²) in [5, 5.41) is 17.0. The van der Waals surface area contributed by atoms with Gasteiger partial charge < -0.3 is 29.5 Å². The topological polar surface area (TPSA) is 132 Å². The maximum atomic E-state index is 12.7. The van der Waals surface area contributed by atoms with E-state index in [2.05, 4.69) is 6.58 Å². The first-order chi connectivity index (χ1) is 22.9. The number of nitrogens with one attached hydrogen (secondary N) is 1. The Hall–Kier alpha value is -4.14. The highest BCUT2D eigenvalue weighted by atomic mass is 16.5. The minimum absolute atomic E-state index is 0.0482. The van der Waals surface area contributed by atoms with Gasteiger partial charge in [-0.3, -0.25) is 9.59 Å². The normalized spacial score (nSPS) is 15.7. The molecule has 0 bridgehead atoms. The summed E-state index contributed by atoms with van der Waals surface area (Å²) in [6.07, 6.45) is 18.6. The lowest BCUT2D eigenvalue weighted by Crippen LogP contribution is -2.30. The van der Waals surface area contributed by atoms with Gasteiger partial charge in [0.2, 0.25) is 0 Å². The molecule has 0 amide bonds. The Balaban J connectivity index is 1.18. The smallest absolute Gasteiger partial charge is 0.330 e. The van der Waals surface area contributed by atoms with Crippen LogP contribution < -0.4 is 14.2 Å². The second kappa shape index (κ2) is 21.6. The van der Waals surface area contributed by atoms with Gasteiger partial charge in [-0.15, -0.1) is 0 Å². The van der Waals surface area contributed by atoms with Crippen molar-refractivity contribution in [3.8, 4) is 23.0 Å². The molecule has 1 aliphatic carbocycles. The van der Waals surface area contributed by atoms with Gasteiger partial charge in [0.25, 0.3) is 0 Å². The molecule has 0 aliphatic heterocycles. The molecule has 3 rings (SSSR count). The zero-order valence-corrected chi connectivity index (χ0v) is 27.6. The first-order valence-electron chi connectivity index (χ1n) is 17.2. The van der Waals surface area contributed by atoms with Gasteiger partial charge in [-0.25, -0.2) is 4.79 Å². The predicted octanol–water partition coefficient (Wildman–Crippen LogP) is 8.50. The van der Waals surface area contributed by atoms with Crippen LogP contribution in [0.1, 0.15) is 108 Å². The summed E-state index contributed by atoms with van der Waals surface area (Å²) in [6, 6.07) is 11.5. The van der Waals surface area contributed by atoms with E-state index in [0.717, 1.165) is 37.6 Å². The van der Waals surface area contributed by atoms with Crippen LogP contribution in [0.15, 0.2) is 55.1 Å². The van der Waals surface area contributed by atoms with E-state index in [4.69, 9.17) is 24.4 Å². The molecule has 0 unspecified atom stereocenters. The average Bonchev–Trinajstić information content (AvgIpc) is 3.09. The van der Waals surface area contributed by atoms with Gasteiger partial charge in [0, 0.05) is 17.9 Å². The molecule has 1 aliphatic rings. The Morgan fingerprint density at radius 3 is 1.64 bits per heavy atom. The first kappa shape index (κ1) is 37.3. The van der Waals surface area contributed by atoms with Crippen molar-refractivity contribution < 1.29 is 38.4 Å².